The molecule has 0 heteroatoms. The quantitative estimate of drug-likeness (QED) is 0.642. The Morgan fingerprint density at radius 3 is 2.55 bits per heavy atom. The Balaban J connectivity index is 1.95. The van der Waals surface area contributed by atoms with Crippen molar-refractivity contribution in [3.63, 3.8) is 0 Å². The molecule has 2 aliphatic rings. The van der Waals surface area contributed by atoms with Gasteiger partial charge in [0.15, 0.2) is 0 Å². The highest BCUT2D eigenvalue weighted by Crippen LogP contribution is 2.51. The summed E-state index contributed by atoms with van der Waals surface area (Å²) in [6.45, 7) is 9.07. The molecule has 4 unspecified atom stereocenters. The molecule has 3 rings (SSSR count). The van der Waals surface area contributed by atoms with E-state index in [2.05, 4.69) is 70.6 Å². The molecule has 0 spiro atoms. The monoisotopic (exact) mass is 292 g/mol. The number of hydrogen-bond acceptors (Lipinski definition) is 0. The number of rotatable bonds is 4. The third kappa shape index (κ3) is 2.69. The van der Waals surface area contributed by atoms with Crippen LogP contribution in [0.15, 0.2) is 36.4 Å². The molecular weight excluding hydrogens is 264 g/mol. The lowest BCUT2D eigenvalue weighted by Crippen LogP contribution is -2.16. The van der Waals surface area contributed by atoms with Gasteiger partial charge in [0, 0.05) is 0 Å². The highest BCUT2D eigenvalue weighted by Gasteiger charge is 2.42. The van der Waals surface area contributed by atoms with Gasteiger partial charge < -0.3 is 0 Å². The van der Waals surface area contributed by atoms with Crippen LogP contribution in [0, 0.1) is 44.9 Å². The zero-order chi connectivity index (χ0) is 15.7. The van der Waals surface area contributed by atoms with Gasteiger partial charge in [-0.25, -0.2) is 0 Å². The minimum absolute atomic E-state index is 0.494. The Kier molecular flexibility index (Phi) is 4.57. The number of benzene rings is 1. The molecule has 22 heavy (non-hydrogen) atoms. The number of allylic oxidation sites excluding steroid dienone is 4. The fraction of sp³-hybridized carbons (Fsp3) is 0.500. The number of fused-ring (bicyclic) bond motifs is 1. The second-order valence-corrected chi connectivity index (χ2v) is 7.05. The molecule has 0 nitrogen and oxygen atoms in total. The van der Waals surface area contributed by atoms with E-state index in [1.54, 1.807) is 0 Å². The average molecular weight is 292 g/mol. The molecule has 1 aromatic carbocycles. The van der Waals surface area contributed by atoms with E-state index in [-0.39, 0.29) is 0 Å². The molecule has 4 atom stereocenters. The van der Waals surface area contributed by atoms with Crippen LogP contribution >= 0.6 is 0 Å². The van der Waals surface area contributed by atoms with Crippen molar-refractivity contribution in [3.8, 4) is 0 Å². The van der Waals surface area contributed by atoms with E-state index in [4.69, 9.17) is 0 Å². The number of unbranched alkanes of at least 4 members (excludes halogenated alkanes) is 1. The van der Waals surface area contributed by atoms with Crippen molar-refractivity contribution >= 4 is 0 Å². The van der Waals surface area contributed by atoms with Crippen molar-refractivity contribution in [2.75, 3.05) is 0 Å². The summed E-state index contributed by atoms with van der Waals surface area (Å²) in [6.07, 6.45) is 17.0. The maximum atomic E-state index is 3.92. The van der Waals surface area contributed by atoms with Crippen LogP contribution in [0.25, 0.3) is 0 Å². The molecule has 116 valence electrons. The highest BCUT2D eigenvalue weighted by molar-refractivity contribution is 5.44. The molecule has 0 aromatic heterocycles. The SMILES string of the molecule is CCCCC1C(c2ccc(C)c(C)c2C)[C]C2C=CC=CC21. The fourth-order valence-corrected chi connectivity index (χ4v) is 4.19. The minimum Gasteiger partial charge on any atom is -0.0805 e. The first-order valence-electron chi connectivity index (χ1n) is 8.81. The van der Waals surface area contributed by atoms with Crippen LogP contribution in [0.4, 0.5) is 0 Å². The van der Waals surface area contributed by atoms with Crippen LogP contribution < -0.4 is 0 Å². The highest BCUT2D eigenvalue weighted by atomic mass is 14.5. The summed E-state index contributed by atoms with van der Waals surface area (Å²) in [5, 5.41) is 0. The van der Waals surface area contributed by atoms with E-state index in [9.17, 15) is 0 Å². The Morgan fingerprint density at radius 1 is 1.00 bits per heavy atom. The van der Waals surface area contributed by atoms with Gasteiger partial charge in [-0.2, -0.15) is 0 Å². The van der Waals surface area contributed by atoms with Crippen LogP contribution in [0.5, 0.6) is 0 Å². The molecule has 0 aliphatic heterocycles. The van der Waals surface area contributed by atoms with Crippen molar-refractivity contribution < 1.29 is 0 Å². The summed E-state index contributed by atoms with van der Waals surface area (Å²) in [7, 11) is 0. The molecule has 0 amide bonds. The standard InChI is InChI=1S/C22H28/c1-5-6-10-21-20-11-8-7-9-18(20)14-22(21)19-13-12-15(2)16(3)17(19)4/h7-9,11-13,18,20-22H,5-6,10H2,1-4H3. The second-order valence-electron chi connectivity index (χ2n) is 7.05. The van der Waals surface area contributed by atoms with Crippen molar-refractivity contribution in [2.45, 2.75) is 52.9 Å². The molecule has 1 fully saturated rings. The summed E-state index contributed by atoms with van der Waals surface area (Å²) < 4.78 is 0. The fourth-order valence-electron chi connectivity index (χ4n) is 4.19. The van der Waals surface area contributed by atoms with E-state index < -0.39 is 0 Å². The summed E-state index contributed by atoms with van der Waals surface area (Å²) in [4.78, 5) is 0. The Labute approximate surface area is 136 Å². The third-order valence-electron chi connectivity index (χ3n) is 5.80. The topological polar surface area (TPSA) is 0 Å². The second kappa shape index (κ2) is 6.44. The van der Waals surface area contributed by atoms with Crippen molar-refractivity contribution in [2.24, 2.45) is 17.8 Å². The summed E-state index contributed by atoms with van der Waals surface area (Å²) in [5.41, 5.74) is 5.85. The molecule has 0 saturated heterocycles. The number of aryl methyl sites for hydroxylation is 1. The van der Waals surface area contributed by atoms with E-state index in [0.29, 0.717) is 23.7 Å². The van der Waals surface area contributed by atoms with Crippen LogP contribution in [0.3, 0.4) is 0 Å². The predicted molar refractivity (Wildman–Crippen MR) is 94.9 cm³/mol. The number of hydrogen-bond donors (Lipinski definition) is 0. The van der Waals surface area contributed by atoms with Gasteiger partial charge in [0.2, 0.25) is 0 Å². The van der Waals surface area contributed by atoms with E-state index >= 15 is 0 Å². The molecule has 0 bridgehead atoms. The normalized spacial score (nSPS) is 29.8. The Hall–Kier alpha value is -1.30. The lowest BCUT2D eigenvalue weighted by Gasteiger charge is -2.26. The maximum absolute atomic E-state index is 3.92. The molecule has 0 heterocycles. The van der Waals surface area contributed by atoms with Gasteiger partial charge in [-0.3, -0.25) is 0 Å². The van der Waals surface area contributed by atoms with Gasteiger partial charge in [-0.1, -0.05) is 56.2 Å². The lowest BCUT2D eigenvalue weighted by molar-refractivity contribution is 0.359. The van der Waals surface area contributed by atoms with Gasteiger partial charge in [0.05, 0.1) is 0 Å². The smallest absolute Gasteiger partial charge is 0.000869 e. The Morgan fingerprint density at radius 2 is 1.77 bits per heavy atom. The first kappa shape index (κ1) is 15.6. The van der Waals surface area contributed by atoms with Gasteiger partial charge in [-0.15, -0.1) is 0 Å². The maximum Gasteiger partial charge on any atom is -0.000869 e. The van der Waals surface area contributed by atoms with Crippen LogP contribution in [-0.2, 0) is 0 Å². The predicted octanol–water partition coefficient (Wildman–Crippen LogP) is 5.96. The summed E-state index contributed by atoms with van der Waals surface area (Å²) >= 11 is 0. The zero-order valence-corrected chi connectivity index (χ0v) is 14.4. The van der Waals surface area contributed by atoms with Crippen molar-refractivity contribution in [1.29, 1.82) is 0 Å². The van der Waals surface area contributed by atoms with E-state index in [1.165, 1.54) is 41.5 Å². The van der Waals surface area contributed by atoms with Crippen molar-refractivity contribution in [1.82, 2.24) is 0 Å². The van der Waals surface area contributed by atoms with Gasteiger partial charge in [0.25, 0.3) is 0 Å². The van der Waals surface area contributed by atoms with Gasteiger partial charge in [-0.05, 0) is 79.5 Å². The molecule has 0 N–H and O–H groups in total. The van der Waals surface area contributed by atoms with Crippen LogP contribution in [-0.4, -0.2) is 0 Å². The lowest BCUT2D eigenvalue weighted by atomic mass is 9.78. The Bertz CT molecular complexity index is 590. The van der Waals surface area contributed by atoms with E-state index in [1.807, 2.05) is 0 Å². The van der Waals surface area contributed by atoms with Gasteiger partial charge >= 0.3 is 0 Å². The largest absolute Gasteiger partial charge is 0.0805 e. The van der Waals surface area contributed by atoms with Gasteiger partial charge in [0.1, 0.15) is 0 Å². The molecule has 1 aromatic rings. The van der Waals surface area contributed by atoms with E-state index in [0.717, 1.165) is 0 Å². The summed E-state index contributed by atoms with van der Waals surface area (Å²) in [5.74, 6) is 2.38. The van der Waals surface area contributed by atoms with Crippen molar-refractivity contribution in [3.05, 3.63) is 65.1 Å². The first-order valence-corrected chi connectivity index (χ1v) is 8.81. The first-order chi connectivity index (χ1) is 10.6. The molecule has 2 radical (unpaired) electrons. The minimum atomic E-state index is 0.494. The molecule has 2 aliphatic carbocycles. The molecular formula is C22H28. The van der Waals surface area contributed by atoms with Crippen LogP contribution in [0.2, 0.25) is 0 Å². The van der Waals surface area contributed by atoms with Crippen LogP contribution in [0.1, 0.15) is 54.4 Å². The third-order valence-corrected chi connectivity index (χ3v) is 5.80. The molecule has 1 saturated carbocycles. The zero-order valence-electron chi connectivity index (χ0n) is 14.4. The summed E-state index contributed by atoms with van der Waals surface area (Å²) in [6, 6.07) is 4.66. The average Bonchev–Trinajstić information content (AvgIpc) is 2.89.